The number of hydrogen-bond acceptors (Lipinski definition) is 6. The zero-order chi connectivity index (χ0) is 15.3. The summed E-state index contributed by atoms with van der Waals surface area (Å²) in [6, 6.07) is 4.71. The van der Waals surface area contributed by atoms with Gasteiger partial charge in [-0.25, -0.2) is 22.0 Å². The highest BCUT2D eigenvalue weighted by Crippen LogP contribution is 2.34. The van der Waals surface area contributed by atoms with E-state index in [0.717, 1.165) is 0 Å². The number of halogens is 1. The Labute approximate surface area is 130 Å². The Kier molecular flexibility index (Phi) is 2.88. The zero-order valence-electron chi connectivity index (χ0n) is 11.2. The van der Waals surface area contributed by atoms with Crippen molar-refractivity contribution >= 4 is 38.5 Å². The summed E-state index contributed by atoms with van der Waals surface area (Å²) in [5.74, 6) is 0.376. The number of nitrogens with zero attached hydrogens (tertiary/aromatic N) is 5. The third-order valence-electron chi connectivity index (χ3n) is 3.55. The fourth-order valence-electron chi connectivity index (χ4n) is 2.58. The van der Waals surface area contributed by atoms with Crippen molar-refractivity contribution in [1.82, 2.24) is 20.1 Å². The van der Waals surface area contributed by atoms with E-state index >= 15 is 0 Å². The van der Waals surface area contributed by atoms with Gasteiger partial charge in [0.15, 0.2) is 11.3 Å². The maximum absolute atomic E-state index is 13.0. The first-order valence-corrected chi connectivity index (χ1v) is 8.36. The van der Waals surface area contributed by atoms with Crippen molar-refractivity contribution in [3.63, 3.8) is 0 Å². The molecule has 0 aliphatic carbocycles. The molecule has 0 bridgehead atoms. The van der Waals surface area contributed by atoms with Crippen LogP contribution in [0.25, 0.3) is 11.0 Å². The van der Waals surface area contributed by atoms with Crippen LogP contribution in [0.15, 0.2) is 33.9 Å². The Balaban J connectivity index is 1.92. The van der Waals surface area contributed by atoms with E-state index in [4.69, 9.17) is 11.6 Å². The summed E-state index contributed by atoms with van der Waals surface area (Å²) in [5, 5.41) is 11.8. The van der Waals surface area contributed by atoms with Gasteiger partial charge < -0.3 is 0 Å². The van der Waals surface area contributed by atoms with Gasteiger partial charge >= 0.3 is 0 Å². The van der Waals surface area contributed by atoms with Crippen molar-refractivity contribution in [2.75, 3.05) is 10.8 Å². The number of aryl methyl sites for hydroxylation is 1. The summed E-state index contributed by atoms with van der Waals surface area (Å²) in [6.45, 7) is 0.958. The molecule has 0 N–H and O–H groups in total. The molecule has 0 radical (unpaired) electrons. The number of fused-ring (bicyclic) bond motifs is 2. The predicted molar refractivity (Wildman–Crippen MR) is 78.2 cm³/mol. The summed E-state index contributed by atoms with van der Waals surface area (Å²) in [7, 11) is -3.84. The normalized spacial score (nSPS) is 15.2. The molecule has 1 aliphatic rings. The Morgan fingerprint density at radius 1 is 1.23 bits per heavy atom. The van der Waals surface area contributed by atoms with Crippen LogP contribution < -0.4 is 4.31 Å². The Morgan fingerprint density at radius 3 is 2.95 bits per heavy atom. The van der Waals surface area contributed by atoms with Crippen molar-refractivity contribution in [2.24, 2.45) is 0 Å². The van der Waals surface area contributed by atoms with Crippen LogP contribution in [0.4, 0.5) is 5.82 Å². The van der Waals surface area contributed by atoms with Crippen LogP contribution >= 0.6 is 11.6 Å². The van der Waals surface area contributed by atoms with Gasteiger partial charge in [0.1, 0.15) is 15.4 Å². The van der Waals surface area contributed by atoms with Crippen LogP contribution in [0.2, 0.25) is 5.02 Å². The van der Waals surface area contributed by atoms with Gasteiger partial charge in [0.05, 0.1) is 6.20 Å². The SMILES string of the molecule is O=S(=O)(c1cccc2nonc12)N1CCCn2ncc(Cl)c21. The maximum Gasteiger partial charge on any atom is 0.267 e. The molecule has 0 spiro atoms. The molecule has 0 atom stereocenters. The maximum atomic E-state index is 13.0. The molecule has 0 unspecified atom stereocenters. The lowest BCUT2D eigenvalue weighted by molar-refractivity contribution is 0.315. The number of rotatable bonds is 2. The molecule has 0 saturated carbocycles. The molecule has 0 amide bonds. The quantitative estimate of drug-likeness (QED) is 0.705. The van der Waals surface area contributed by atoms with E-state index in [1.165, 1.54) is 16.6 Å². The molecule has 3 heterocycles. The first-order valence-electron chi connectivity index (χ1n) is 6.54. The van der Waals surface area contributed by atoms with Gasteiger partial charge in [-0.05, 0) is 28.9 Å². The number of hydrogen-bond donors (Lipinski definition) is 0. The largest absolute Gasteiger partial charge is 0.267 e. The third kappa shape index (κ3) is 1.82. The zero-order valence-corrected chi connectivity index (χ0v) is 12.8. The molecule has 8 nitrogen and oxygen atoms in total. The van der Waals surface area contributed by atoms with Gasteiger partial charge in [-0.15, -0.1) is 0 Å². The van der Waals surface area contributed by atoms with Crippen LogP contribution in [-0.2, 0) is 16.6 Å². The molecular weight excluding hydrogens is 330 g/mol. The second kappa shape index (κ2) is 4.68. The first kappa shape index (κ1) is 13.5. The number of anilines is 1. The average Bonchev–Trinajstić information content (AvgIpc) is 3.13. The summed E-state index contributed by atoms with van der Waals surface area (Å²) in [6.07, 6.45) is 2.10. The minimum Gasteiger partial charge on any atom is -0.249 e. The first-order chi connectivity index (χ1) is 10.6. The molecule has 22 heavy (non-hydrogen) atoms. The summed E-state index contributed by atoms with van der Waals surface area (Å²) in [4.78, 5) is 0.0389. The lowest BCUT2D eigenvalue weighted by Crippen LogP contribution is -2.37. The van der Waals surface area contributed by atoms with Gasteiger partial charge in [-0.3, -0.25) is 0 Å². The molecule has 1 aliphatic heterocycles. The van der Waals surface area contributed by atoms with Gasteiger partial charge in [0, 0.05) is 13.1 Å². The molecule has 4 rings (SSSR count). The highest BCUT2D eigenvalue weighted by atomic mass is 35.5. The summed E-state index contributed by atoms with van der Waals surface area (Å²) >= 11 is 6.11. The molecule has 114 valence electrons. The van der Waals surface area contributed by atoms with Crippen LogP contribution in [-0.4, -0.2) is 35.1 Å². The summed E-state index contributed by atoms with van der Waals surface area (Å²) in [5.41, 5.74) is 0.591. The highest BCUT2D eigenvalue weighted by Gasteiger charge is 2.34. The smallest absolute Gasteiger partial charge is 0.249 e. The number of benzene rings is 1. The molecular formula is C12H10ClN5O3S. The van der Waals surface area contributed by atoms with Crippen molar-refractivity contribution < 1.29 is 13.0 Å². The Hall–Kier alpha value is -2.13. The minimum absolute atomic E-state index is 0.0389. The van der Waals surface area contributed by atoms with Gasteiger partial charge in [-0.2, -0.15) is 5.10 Å². The molecule has 0 saturated heterocycles. The van der Waals surface area contributed by atoms with Gasteiger partial charge in [0.2, 0.25) is 0 Å². The average molecular weight is 340 g/mol. The van der Waals surface area contributed by atoms with E-state index in [2.05, 4.69) is 20.0 Å². The van der Waals surface area contributed by atoms with Crippen LogP contribution in [0, 0.1) is 0 Å². The molecule has 3 aromatic rings. The fraction of sp³-hybridized carbons (Fsp3) is 0.250. The standard InChI is InChI=1S/C12H10ClN5O3S/c13-8-7-14-17-5-2-6-18(12(8)17)22(19,20)10-4-1-3-9-11(10)16-21-15-9/h1,3-4,7H,2,5-6H2. The predicted octanol–water partition coefficient (Wildman–Crippen LogP) is 1.67. The van der Waals surface area contributed by atoms with Crippen molar-refractivity contribution in [1.29, 1.82) is 0 Å². The monoisotopic (exact) mass is 339 g/mol. The number of sulfonamides is 1. The second-order valence-electron chi connectivity index (χ2n) is 4.86. The summed E-state index contributed by atoms with van der Waals surface area (Å²) < 4.78 is 33.5. The van der Waals surface area contributed by atoms with Crippen LogP contribution in [0.3, 0.4) is 0 Å². The Bertz CT molecular complexity index is 964. The van der Waals surface area contributed by atoms with Crippen molar-refractivity contribution in [3.8, 4) is 0 Å². The molecule has 1 aromatic carbocycles. The van der Waals surface area contributed by atoms with Gasteiger partial charge in [0.25, 0.3) is 10.0 Å². The minimum atomic E-state index is -3.84. The molecule has 10 heteroatoms. The third-order valence-corrected chi connectivity index (χ3v) is 5.64. The molecule has 0 fully saturated rings. The van der Waals surface area contributed by atoms with Crippen molar-refractivity contribution in [3.05, 3.63) is 29.4 Å². The van der Waals surface area contributed by atoms with E-state index in [0.29, 0.717) is 35.9 Å². The van der Waals surface area contributed by atoms with E-state index in [9.17, 15) is 8.42 Å². The molecule has 2 aromatic heterocycles. The lowest BCUT2D eigenvalue weighted by atomic mass is 10.3. The topological polar surface area (TPSA) is 94.1 Å². The van der Waals surface area contributed by atoms with E-state index in [1.54, 1.807) is 16.8 Å². The fourth-order valence-corrected chi connectivity index (χ4v) is 4.54. The number of aromatic nitrogens is 4. The van der Waals surface area contributed by atoms with Crippen LogP contribution in [0.1, 0.15) is 6.42 Å². The van der Waals surface area contributed by atoms with Crippen LogP contribution in [0.5, 0.6) is 0 Å². The van der Waals surface area contributed by atoms with E-state index in [1.807, 2.05) is 0 Å². The Morgan fingerprint density at radius 2 is 2.09 bits per heavy atom. The van der Waals surface area contributed by atoms with Gasteiger partial charge in [-0.1, -0.05) is 17.7 Å². The van der Waals surface area contributed by atoms with Crippen molar-refractivity contribution in [2.45, 2.75) is 17.9 Å². The van der Waals surface area contributed by atoms with E-state index < -0.39 is 10.0 Å². The lowest BCUT2D eigenvalue weighted by Gasteiger charge is -2.29. The second-order valence-corrected chi connectivity index (χ2v) is 7.10. The highest BCUT2D eigenvalue weighted by molar-refractivity contribution is 7.93. The van der Waals surface area contributed by atoms with E-state index in [-0.39, 0.29) is 10.4 Å².